The number of carbonyl (C=O) groups excluding carboxylic acids is 7. The molecule has 9 N–H and O–H groups in total. The van der Waals surface area contributed by atoms with Crippen LogP contribution in [0.1, 0.15) is 90.7 Å². The number of aldehydes is 1. The lowest BCUT2D eigenvalue weighted by Crippen LogP contribution is -2.62. The molecule has 0 spiro atoms. The van der Waals surface area contributed by atoms with Gasteiger partial charge in [0.25, 0.3) is 0 Å². The van der Waals surface area contributed by atoms with Crippen molar-refractivity contribution in [2.75, 3.05) is 0 Å². The summed E-state index contributed by atoms with van der Waals surface area (Å²) in [4.78, 5) is 126. The molecule has 0 radical (unpaired) electrons. The Morgan fingerprint density at radius 2 is 1.22 bits per heavy atom. The molecule has 59 heavy (non-hydrogen) atoms. The van der Waals surface area contributed by atoms with E-state index in [-0.39, 0.29) is 25.2 Å². The molecule has 6 amide bonds. The molecule has 1 rings (SSSR count). The molecule has 0 aliphatic rings. The number of hydrogen-bond acceptors (Lipinski definition) is 10. The summed E-state index contributed by atoms with van der Waals surface area (Å²) in [5.74, 6) is -9.78. The van der Waals surface area contributed by atoms with E-state index in [1.165, 1.54) is 6.08 Å². The fourth-order valence-corrected chi connectivity index (χ4v) is 5.71. The number of aryl methyl sites for hydroxylation is 1. The maximum atomic E-state index is 14.2. The Morgan fingerprint density at radius 3 is 1.75 bits per heavy atom. The molecule has 0 aliphatic heterocycles. The van der Waals surface area contributed by atoms with E-state index in [0.29, 0.717) is 11.8 Å². The molecule has 1 aromatic rings. The van der Waals surface area contributed by atoms with Crippen LogP contribution in [0.2, 0.25) is 0 Å². The Morgan fingerprint density at radius 1 is 0.678 bits per heavy atom. The van der Waals surface area contributed by atoms with E-state index in [9.17, 15) is 58.2 Å². The first-order valence-corrected chi connectivity index (χ1v) is 19.1. The van der Waals surface area contributed by atoms with Crippen LogP contribution < -0.4 is 31.9 Å². The largest absolute Gasteiger partial charge is 0.481 e. The Kier molecular flexibility index (Phi) is 21.2. The van der Waals surface area contributed by atoms with Gasteiger partial charge in [0.2, 0.25) is 35.4 Å². The second-order valence-electron chi connectivity index (χ2n) is 15.6. The smallest absolute Gasteiger partial charge is 0.305 e. The third-order valence-corrected chi connectivity index (χ3v) is 8.86. The van der Waals surface area contributed by atoms with E-state index in [2.05, 4.69) is 38.5 Å². The molecule has 6 atom stereocenters. The standard InChI is InChI=1S/C40H58N6O13/c1-8-11-25(21-47)41-36(56)27(18-22(2)3)45-39(59)34(40(5,6)7)46-38(58)28(19-24-13-10-9-12-23(24)4)44-35(55)26(14-16-31(49)50)43-37(57)29(20-33(53)54)42-30(48)15-17-32(51)52/h8-10,12-13,21-22,25-29,34H,1,11,14-20H2,2-7H3,(H,41,56)(H,42,48)(H,43,57)(H,44,55)(H,45,59)(H,46,58)(H,49,50)(H,51,52)(H,53,54)/t25-,26-,27-,28-,29-,34+/m0/s1. The van der Waals surface area contributed by atoms with Gasteiger partial charge in [-0.25, -0.2) is 0 Å². The SMILES string of the molecule is C=CC[C@@H](C=O)NC(=O)[C@H](CC(C)C)NC(=O)[C@@H](NC(=O)[C@H](Cc1ccccc1C)NC(=O)[C@H](CCC(=O)O)NC(=O)[C@H](CC(=O)O)NC(=O)CCC(=O)O)C(C)(C)C. The van der Waals surface area contributed by atoms with Crippen LogP contribution >= 0.6 is 0 Å². The first kappa shape index (κ1) is 50.9. The first-order valence-electron chi connectivity index (χ1n) is 19.1. The van der Waals surface area contributed by atoms with Crippen molar-refractivity contribution >= 4 is 59.6 Å². The highest BCUT2D eigenvalue weighted by atomic mass is 16.4. The maximum Gasteiger partial charge on any atom is 0.305 e. The summed E-state index contributed by atoms with van der Waals surface area (Å²) < 4.78 is 0. The van der Waals surface area contributed by atoms with Crippen molar-refractivity contribution in [2.24, 2.45) is 11.3 Å². The molecule has 0 fully saturated rings. The second kappa shape index (κ2) is 24.6. The van der Waals surface area contributed by atoms with Gasteiger partial charge < -0.3 is 52.0 Å². The summed E-state index contributed by atoms with van der Waals surface area (Å²) >= 11 is 0. The zero-order valence-corrected chi connectivity index (χ0v) is 34.3. The van der Waals surface area contributed by atoms with Crippen molar-refractivity contribution in [3.05, 3.63) is 48.0 Å². The number of carboxylic acid groups (broad SMARTS) is 3. The van der Waals surface area contributed by atoms with Crippen molar-refractivity contribution in [2.45, 2.75) is 129 Å². The van der Waals surface area contributed by atoms with E-state index in [1.807, 2.05) is 13.8 Å². The minimum atomic E-state index is -1.79. The predicted molar refractivity (Wildman–Crippen MR) is 212 cm³/mol. The topological polar surface area (TPSA) is 304 Å². The highest BCUT2D eigenvalue weighted by molar-refractivity contribution is 5.97. The number of carbonyl (C=O) groups is 10. The van der Waals surface area contributed by atoms with Crippen LogP contribution in [0, 0.1) is 18.3 Å². The zero-order valence-electron chi connectivity index (χ0n) is 34.3. The monoisotopic (exact) mass is 830 g/mol. The fraction of sp³-hybridized carbons (Fsp3) is 0.550. The van der Waals surface area contributed by atoms with E-state index >= 15 is 0 Å². The third kappa shape index (κ3) is 19.2. The highest BCUT2D eigenvalue weighted by Crippen LogP contribution is 2.21. The molecule has 0 heterocycles. The lowest BCUT2D eigenvalue weighted by atomic mass is 9.85. The van der Waals surface area contributed by atoms with Crippen LogP contribution in [0.15, 0.2) is 36.9 Å². The summed E-state index contributed by atoms with van der Waals surface area (Å²) in [5.41, 5.74) is 0.332. The van der Waals surface area contributed by atoms with Gasteiger partial charge >= 0.3 is 17.9 Å². The van der Waals surface area contributed by atoms with Gasteiger partial charge in [-0.15, -0.1) is 6.58 Å². The molecule has 19 nitrogen and oxygen atoms in total. The van der Waals surface area contributed by atoms with Gasteiger partial charge in [-0.2, -0.15) is 0 Å². The predicted octanol–water partition coefficient (Wildman–Crippen LogP) is 0.518. The van der Waals surface area contributed by atoms with E-state index < -0.39 is 127 Å². The Labute approximate surface area is 342 Å². The number of nitrogens with one attached hydrogen (secondary N) is 6. The quantitative estimate of drug-likeness (QED) is 0.0455. The Balaban J connectivity index is 3.55. The minimum Gasteiger partial charge on any atom is -0.481 e. The molecule has 0 aliphatic carbocycles. The Hall–Kier alpha value is -6.14. The summed E-state index contributed by atoms with van der Waals surface area (Å²) in [7, 11) is 0. The van der Waals surface area contributed by atoms with Crippen LogP contribution in [-0.2, 0) is 54.4 Å². The molecular formula is C40H58N6O13. The molecule has 0 saturated carbocycles. The molecule has 1 aromatic carbocycles. The van der Waals surface area contributed by atoms with Crippen molar-refractivity contribution in [3.8, 4) is 0 Å². The lowest BCUT2D eigenvalue weighted by molar-refractivity contribution is -0.142. The van der Waals surface area contributed by atoms with Gasteiger partial charge in [0, 0.05) is 19.3 Å². The van der Waals surface area contributed by atoms with Crippen molar-refractivity contribution in [1.82, 2.24) is 31.9 Å². The van der Waals surface area contributed by atoms with Gasteiger partial charge in [-0.3, -0.25) is 43.2 Å². The van der Waals surface area contributed by atoms with Crippen LogP contribution in [-0.4, -0.2) is 111 Å². The third-order valence-electron chi connectivity index (χ3n) is 8.86. The maximum absolute atomic E-state index is 14.2. The van der Waals surface area contributed by atoms with E-state index in [4.69, 9.17) is 5.11 Å². The summed E-state index contributed by atoms with van der Waals surface area (Å²) in [6.07, 6.45) is -1.21. The van der Waals surface area contributed by atoms with Crippen LogP contribution in [0.25, 0.3) is 0 Å². The fourth-order valence-electron chi connectivity index (χ4n) is 5.71. The second-order valence-corrected chi connectivity index (χ2v) is 15.6. The van der Waals surface area contributed by atoms with Gasteiger partial charge in [0.05, 0.1) is 18.9 Å². The average molecular weight is 831 g/mol. The average Bonchev–Trinajstić information content (AvgIpc) is 3.13. The van der Waals surface area contributed by atoms with Gasteiger partial charge in [0.1, 0.15) is 36.5 Å². The number of rotatable bonds is 26. The molecule has 0 unspecified atom stereocenters. The number of benzene rings is 1. The molecule has 0 saturated heterocycles. The van der Waals surface area contributed by atoms with Crippen molar-refractivity contribution in [1.29, 1.82) is 0 Å². The van der Waals surface area contributed by atoms with Crippen LogP contribution in [0.3, 0.4) is 0 Å². The van der Waals surface area contributed by atoms with Crippen molar-refractivity contribution < 1.29 is 63.3 Å². The normalized spacial score (nSPS) is 14.2. The number of carboxylic acids is 3. The first-order chi connectivity index (χ1) is 27.5. The summed E-state index contributed by atoms with van der Waals surface area (Å²) in [5, 5.41) is 42.5. The zero-order chi connectivity index (χ0) is 45.0. The minimum absolute atomic E-state index is 0.0845. The highest BCUT2D eigenvalue weighted by Gasteiger charge is 2.38. The number of amides is 6. The van der Waals surface area contributed by atoms with Gasteiger partial charge in [-0.05, 0) is 48.6 Å². The molecule has 0 bridgehead atoms. The molecule has 0 aromatic heterocycles. The van der Waals surface area contributed by atoms with Crippen LogP contribution in [0.4, 0.5) is 0 Å². The number of hydrogen-bond donors (Lipinski definition) is 9. The van der Waals surface area contributed by atoms with E-state index in [1.54, 1.807) is 52.0 Å². The van der Waals surface area contributed by atoms with E-state index in [0.717, 1.165) is 5.56 Å². The lowest BCUT2D eigenvalue weighted by Gasteiger charge is -2.33. The molecule has 326 valence electrons. The van der Waals surface area contributed by atoms with Crippen molar-refractivity contribution in [3.63, 3.8) is 0 Å². The van der Waals surface area contributed by atoms with Gasteiger partial charge in [-0.1, -0.05) is 65.0 Å². The molecular weight excluding hydrogens is 772 g/mol. The summed E-state index contributed by atoms with van der Waals surface area (Å²) in [6, 6.07) is -1.36. The Bertz CT molecular complexity index is 1710. The summed E-state index contributed by atoms with van der Waals surface area (Å²) in [6.45, 7) is 13.9. The van der Waals surface area contributed by atoms with Crippen LogP contribution in [0.5, 0.6) is 0 Å². The molecule has 19 heteroatoms. The van der Waals surface area contributed by atoms with Gasteiger partial charge in [0.15, 0.2) is 0 Å². The number of aliphatic carboxylic acids is 3.